The summed E-state index contributed by atoms with van der Waals surface area (Å²) in [5.41, 5.74) is 9.93. The van der Waals surface area contributed by atoms with Crippen molar-refractivity contribution in [3.8, 4) is 11.4 Å². The van der Waals surface area contributed by atoms with Gasteiger partial charge in [0.2, 0.25) is 0 Å². The van der Waals surface area contributed by atoms with Crippen molar-refractivity contribution in [3.63, 3.8) is 0 Å². The third-order valence-electron chi connectivity index (χ3n) is 6.36. The van der Waals surface area contributed by atoms with E-state index in [1.165, 1.54) is 6.42 Å². The van der Waals surface area contributed by atoms with Crippen molar-refractivity contribution in [1.29, 1.82) is 0 Å². The first-order valence-corrected chi connectivity index (χ1v) is 10.1. The average Bonchev–Trinajstić information content (AvgIpc) is 2.89. The van der Waals surface area contributed by atoms with Crippen molar-refractivity contribution in [3.05, 3.63) is 28.9 Å². The van der Waals surface area contributed by atoms with Crippen LogP contribution in [0.3, 0.4) is 0 Å². The summed E-state index contributed by atoms with van der Waals surface area (Å²) < 4.78 is 0. The molecule has 1 spiro atoms. The molecule has 1 saturated heterocycles. The second-order valence-electron chi connectivity index (χ2n) is 8.29. The summed E-state index contributed by atoms with van der Waals surface area (Å²) in [7, 11) is 0. The van der Waals surface area contributed by atoms with Crippen LogP contribution < -0.4 is 10.6 Å². The van der Waals surface area contributed by atoms with Gasteiger partial charge in [-0.2, -0.15) is 0 Å². The summed E-state index contributed by atoms with van der Waals surface area (Å²) in [5.74, 6) is 1.68. The van der Waals surface area contributed by atoms with E-state index in [0.29, 0.717) is 16.6 Å². The molecule has 3 heterocycles. The molecule has 2 atom stereocenters. The van der Waals surface area contributed by atoms with Gasteiger partial charge in [-0.25, -0.2) is 19.9 Å². The number of anilines is 1. The van der Waals surface area contributed by atoms with Gasteiger partial charge in [-0.3, -0.25) is 0 Å². The largest absolute Gasteiger partial charge is 0.355 e. The molecule has 4 rings (SSSR count). The minimum Gasteiger partial charge on any atom is -0.355 e. The van der Waals surface area contributed by atoms with E-state index < -0.39 is 0 Å². The number of aromatic nitrogens is 4. The van der Waals surface area contributed by atoms with Crippen LogP contribution in [0.2, 0.25) is 5.15 Å². The Kier molecular flexibility index (Phi) is 4.80. The van der Waals surface area contributed by atoms with E-state index in [0.717, 1.165) is 66.9 Å². The van der Waals surface area contributed by atoms with Crippen molar-refractivity contribution in [1.82, 2.24) is 19.9 Å². The Hall–Kier alpha value is -1.79. The van der Waals surface area contributed by atoms with Gasteiger partial charge in [0.05, 0.1) is 23.8 Å². The van der Waals surface area contributed by atoms with Gasteiger partial charge in [0.25, 0.3) is 0 Å². The first-order chi connectivity index (χ1) is 12.9. The van der Waals surface area contributed by atoms with Crippen LogP contribution in [0.25, 0.3) is 11.4 Å². The molecule has 2 aromatic rings. The van der Waals surface area contributed by atoms with Crippen molar-refractivity contribution >= 4 is 17.4 Å². The predicted molar refractivity (Wildman–Crippen MR) is 108 cm³/mol. The molecule has 1 aliphatic heterocycles. The van der Waals surface area contributed by atoms with E-state index in [9.17, 15) is 0 Å². The average molecular weight is 387 g/mol. The van der Waals surface area contributed by atoms with E-state index in [1.54, 1.807) is 6.20 Å². The summed E-state index contributed by atoms with van der Waals surface area (Å²) in [6.45, 7) is 8.18. The summed E-state index contributed by atoms with van der Waals surface area (Å²) in [6.07, 6.45) is 8.11. The third-order valence-corrected chi connectivity index (χ3v) is 6.54. The Morgan fingerprint density at radius 1 is 1.07 bits per heavy atom. The Labute approximate surface area is 165 Å². The fourth-order valence-corrected chi connectivity index (χ4v) is 5.08. The molecule has 144 valence electrons. The molecule has 1 aliphatic carbocycles. The SMILES string of the molecule is Cc1nc(Cl)cnc1-c1ncc(N2CCC3(CC2)CC(C)C[C@H]3N)nc1C. The Balaban J connectivity index is 1.52. The molecule has 1 saturated carbocycles. The Bertz CT molecular complexity index is 846. The predicted octanol–water partition coefficient (Wildman–Crippen LogP) is 3.55. The lowest BCUT2D eigenvalue weighted by molar-refractivity contribution is 0.193. The summed E-state index contributed by atoms with van der Waals surface area (Å²) in [4.78, 5) is 20.5. The van der Waals surface area contributed by atoms with Gasteiger partial charge < -0.3 is 10.6 Å². The smallest absolute Gasteiger partial charge is 0.147 e. The maximum Gasteiger partial charge on any atom is 0.147 e. The highest BCUT2D eigenvalue weighted by Gasteiger charge is 2.45. The van der Waals surface area contributed by atoms with Crippen molar-refractivity contribution < 1.29 is 0 Å². The van der Waals surface area contributed by atoms with Crippen LogP contribution >= 0.6 is 11.6 Å². The minimum absolute atomic E-state index is 0.328. The van der Waals surface area contributed by atoms with Crippen LogP contribution in [-0.4, -0.2) is 39.1 Å². The number of hydrogen-bond donors (Lipinski definition) is 1. The monoisotopic (exact) mass is 386 g/mol. The lowest BCUT2D eigenvalue weighted by atomic mass is 9.74. The number of rotatable bonds is 2. The van der Waals surface area contributed by atoms with Gasteiger partial charge in [-0.05, 0) is 50.9 Å². The molecule has 7 heteroatoms. The van der Waals surface area contributed by atoms with E-state index >= 15 is 0 Å². The molecule has 0 amide bonds. The number of nitrogens with zero attached hydrogens (tertiary/aromatic N) is 5. The summed E-state index contributed by atoms with van der Waals surface area (Å²) in [5, 5.41) is 0.389. The second-order valence-corrected chi connectivity index (χ2v) is 8.68. The molecule has 2 N–H and O–H groups in total. The molecule has 0 radical (unpaired) electrons. The van der Waals surface area contributed by atoms with Crippen LogP contribution in [-0.2, 0) is 0 Å². The number of halogens is 1. The third kappa shape index (κ3) is 3.41. The van der Waals surface area contributed by atoms with Crippen LogP contribution in [0.5, 0.6) is 0 Å². The molecule has 27 heavy (non-hydrogen) atoms. The number of aryl methyl sites for hydroxylation is 2. The first-order valence-electron chi connectivity index (χ1n) is 9.72. The molecule has 2 aromatic heterocycles. The highest BCUT2D eigenvalue weighted by molar-refractivity contribution is 6.29. The van der Waals surface area contributed by atoms with Gasteiger partial charge in [-0.15, -0.1) is 0 Å². The highest BCUT2D eigenvalue weighted by Crippen LogP contribution is 2.48. The van der Waals surface area contributed by atoms with Crippen molar-refractivity contribution in [2.24, 2.45) is 17.1 Å². The number of nitrogens with two attached hydrogens (primary N) is 1. The van der Waals surface area contributed by atoms with Crippen molar-refractivity contribution in [2.45, 2.75) is 52.5 Å². The van der Waals surface area contributed by atoms with Gasteiger partial charge in [0.1, 0.15) is 22.4 Å². The van der Waals surface area contributed by atoms with E-state index in [2.05, 4.69) is 26.8 Å². The van der Waals surface area contributed by atoms with Crippen LogP contribution in [0.15, 0.2) is 12.4 Å². The molecule has 2 aliphatic rings. The van der Waals surface area contributed by atoms with Gasteiger partial charge >= 0.3 is 0 Å². The Morgan fingerprint density at radius 3 is 2.26 bits per heavy atom. The summed E-state index contributed by atoms with van der Waals surface area (Å²) in [6, 6.07) is 0.344. The van der Waals surface area contributed by atoms with E-state index in [1.807, 2.05) is 20.0 Å². The maximum atomic E-state index is 6.48. The van der Waals surface area contributed by atoms with Crippen LogP contribution in [0.1, 0.15) is 44.0 Å². The van der Waals surface area contributed by atoms with E-state index in [-0.39, 0.29) is 0 Å². The molecule has 0 aromatic carbocycles. The topological polar surface area (TPSA) is 80.8 Å². The molecular weight excluding hydrogens is 360 g/mol. The lowest BCUT2D eigenvalue weighted by Gasteiger charge is -2.42. The molecular formula is C20H27ClN6. The van der Waals surface area contributed by atoms with Gasteiger partial charge in [0.15, 0.2) is 0 Å². The molecule has 1 unspecified atom stereocenters. The van der Waals surface area contributed by atoms with Crippen LogP contribution in [0, 0.1) is 25.2 Å². The number of piperidine rings is 1. The van der Waals surface area contributed by atoms with Crippen LogP contribution in [0.4, 0.5) is 5.82 Å². The Morgan fingerprint density at radius 2 is 1.70 bits per heavy atom. The standard InChI is InChI=1S/C20H27ClN6/c1-12-8-15(22)20(9-12)4-6-27(7-5-20)17-11-24-19(14(3)26-17)18-13(2)25-16(21)10-23-18/h10-12,15H,4-9,22H2,1-3H3/t12?,15-/m1/s1. The molecule has 0 bridgehead atoms. The molecule has 2 fully saturated rings. The van der Waals surface area contributed by atoms with Gasteiger partial charge in [-0.1, -0.05) is 18.5 Å². The second kappa shape index (κ2) is 6.99. The van der Waals surface area contributed by atoms with E-state index in [4.69, 9.17) is 22.3 Å². The minimum atomic E-state index is 0.328. The highest BCUT2D eigenvalue weighted by atomic mass is 35.5. The fourth-order valence-electron chi connectivity index (χ4n) is 4.91. The zero-order valence-electron chi connectivity index (χ0n) is 16.2. The molecule has 6 nitrogen and oxygen atoms in total. The van der Waals surface area contributed by atoms with Gasteiger partial charge in [0, 0.05) is 19.1 Å². The zero-order valence-corrected chi connectivity index (χ0v) is 17.0. The zero-order chi connectivity index (χ0) is 19.2. The number of hydrogen-bond acceptors (Lipinski definition) is 6. The van der Waals surface area contributed by atoms with Crippen molar-refractivity contribution in [2.75, 3.05) is 18.0 Å². The first kappa shape index (κ1) is 18.6. The maximum absolute atomic E-state index is 6.48. The lowest BCUT2D eigenvalue weighted by Crippen LogP contribution is -2.47. The normalized spacial score (nSPS) is 24.6. The fraction of sp³-hybridized carbons (Fsp3) is 0.600. The quantitative estimate of drug-likeness (QED) is 0.850. The summed E-state index contributed by atoms with van der Waals surface area (Å²) >= 11 is 5.92.